The first-order valence-electron chi connectivity index (χ1n) is 9.74. The molecular weight excluding hydrogens is 288 g/mol. The molecule has 136 valence electrons. The summed E-state index contributed by atoms with van der Waals surface area (Å²) in [5.41, 5.74) is 5.77. The van der Waals surface area contributed by atoms with Crippen molar-refractivity contribution in [3.8, 4) is 0 Å². The third-order valence-corrected chi connectivity index (χ3v) is 5.38. The van der Waals surface area contributed by atoms with E-state index in [9.17, 15) is 9.90 Å². The zero-order chi connectivity index (χ0) is 17.1. The van der Waals surface area contributed by atoms with E-state index in [4.69, 9.17) is 5.73 Å². The van der Waals surface area contributed by atoms with Crippen molar-refractivity contribution in [3.05, 3.63) is 0 Å². The Morgan fingerprint density at radius 3 is 2.61 bits per heavy atom. The van der Waals surface area contributed by atoms with Crippen LogP contribution in [-0.4, -0.2) is 30.2 Å². The van der Waals surface area contributed by atoms with E-state index >= 15 is 0 Å². The van der Waals surface area contributed by atoms with Gasteiger partial charge in [-0.2, -0.15) is 0 Å². The highest BCUT2D eigenvalue weighted by atomic mass is 16.3. The van der Waals surface area contributed by atoms with Gasteiger partial charge in [0.05, 0.1) is 6.10 Å². The Labute approximate surface area is 142 Å². The van der Waals surface area contributed by atoms with Crippen molar-refractivity contribution in [2.45, 2.75) is 84.2 Å². The Bertz CT molecular complexity index is 316. The maximum atomic E-state index is 12.4. The molecule has 1 fully saturated rings. The predicted octanol–water partition coefficient (Wildman–Crippen LogP) is 3.23. The maximum Gasteiger partial charge on any atom is 0.223 e. The molecule has 1 saturated carbocycles. The number of amides is 1. The molecule has 0 aromatic carbocycles. The SMILES string of the molecule is CCCCNC(=O)[C@@H](CC(O)CCC1CCCCC1)C(C)CN. The van der Waals surface area contributed by atoms with Crippen molar-refractivity contribution in [3.63, 3.8) is 0 Å². The highest BCUT2D eigenvalue weighted by Gasteiger charge is 2.27. The van der Waals surface area contributed by atoms with Gasteiger partial charge in [0.15, 0.2) is 0 Å². The van der Waals surface area contributed by atoms with Crippen LogP contribution in [0.2, 0.25) is 0 Å². The molecule has 0 saturated heterocycles. The van der Waals surface area contributed by atoms with Gasteiger partial charge in [0.1, 0.15) is 0 Å². The summed E-state index contributed by atoms with van der Waals surface area (Å²) in [6, 6.07) is 0. The fourth-order valence-corrected chi connectivity index (χ4v) is 3.60. The highest BCUT2D eigenvalue weighted by molar-refractivity contribution is 5.78. The molecule has 1 aliphatic carbocycles. The van der Waals surface area contributed by atoms with Crippen LogP contribution in [-0.2, 0) is 4.79 Å². The molecule has 0 heterocycles. The number of nitrogens with two attached hydrogens (primary N) is 1. The van der Waals surface area contributed by atoms with Crippen molar-refractivity contribution in [1.82, 2.24) is 5.32 Å². The Balaban J connectivity index is 2.39. The van der Waals surface area contributed by atoms with Gasteiger partial charge in [-0.25, -0.2) is 0 Å². The van der Waals surface area contributed by atoms with Gasteiger partial charge in [-0.05, 0) is 44.1 Å². The molecule has 1 rings (SSSR count). The van der Waals surface area contributed by atoms with E-state index in [1.807, 2.05) is 6.92 Å². The third-order valence-electron chi connectivity index (χ3n) is 5.38. The maximum absolute atomic E-state index is 12.4. The van der Waals surface area contributed by atoms with Gasteiger partial charge in [0.25, 0.3) is 0 Å². The monoisotopic (exact) mass is 326 g/mol. The van der Waals surface area contributed by atoms with Crippen molar-refractivity contribution in [2.75, 3.05) is 13.1 Å². The molecule has 0 aliphatic heterocycles. The van der Waals surface area contributed by atoms with Gasteiger partial charge >= 0.3 is 0 Å². The van der Waals surface area contributed by atoms with Crippen LogP contribution in [0, 0.1) is 17.8 Å². The number of carbonyl (C=O) groups excluding carboxylic acids is 1. The average Bonchev–Trinajstić information content (AvgIpc) is 2.58. The van der Waals surface area contributed by atoms with Gasteiger partial charge in [-0.1, -0.05) is 52.4 Å². The summed E-state index contributed by atoms with van der Waals surface area (Å²) in [7, 11) is 0. The number of nitrogens with one attached hydrogen (secondary N) is 1. The van der Waals surface area contributed by atoms with Gasteiger partial charge in [0.2, 0.25) is 5.91 Å². The number of unbranched alkanes of at least 4 members (excludes halogenated alkanes) is 1. The van der Waals surface area contributed by atoms with Crippen LogP contribution in [0.25, 0.3) is 0 Å². The molecule has 0 radical (unpaired) electrons. The van der Waals surface area contributed by atoms with Crippen LogP contribution in [0.5, 0.6) is 0 Å². The van der Waals surface area contributed by atoms with Crippen LogP contribution in [0.4, 0.5) is 0 Å². The Morgan fingerprint density at radius 1 is 1.30 bits per heavy atom. The Hall–Kier alpha value is -0.610. The summed E-state index contributed by atoms with van der Waals surface area (Å²) in [6.07, 6.45) is 10.8. The Kier molecular flexibility index (Phi) is 10.5. The van der Waals surface area contributed by atoms with E-state index in [1.54, 1.807) is 0 Å². The fourth-order valence-electron chi connectivity index (χ4n) is 3.60. The van der Waals surface area contributed by atoms with Crippen molar-refractivity contribution < 1.29 is 9.90 Å². The zero-order valence-corrected chi connectivity index (χ0v) is 15.2. The van der Waals surface area contributed by atoms with Gasteiger partial charge in [-0.3, -0.25) is 4.79 Å². The largest absolute Gasteiger partial charge is 0.393 e. The van der Waals surface area contributed by atoms with Crippen LogP contribution >= 0.6 is 0 Å². The predicted molar refractivity (Wildman–Crippen MR) is 96.1 cm³/mol. The van der Waals surface area contributed by atoms with E-state index in [0.717, 1.165) is 38.1 Å². The molecule has 2 unspecified atom stereocenters. The van der Waals surface area contributed by atoms with E-state index in [2.05, 4.69) is 12.2 Å². The third kappa shape index (κ3) is 8.16. The molecule has 3 atom stereocenters. The molecule has 0 aromatic rings. The summed E-state index contributed by atoms with van der Waals surface area (Å²) in [5, 5.41) is 13.4. The molecule has 0 spiro atoms. The van der Waals surface area contributed by atoms with Crippen molar-refractivity contribution >= 4 is 5.91 Å². The first-order valence-corrected chi connectivity index (χ1v) is 9.74. The van der Waals surface area contributed by atoms with Crippen molar-refractivity contribution in [2.24, 2.45) is 23.5 Å². The summed E-state index contributed by atoms with van der Waals surface area (Å²) in [6.45, 7) is 5.33. The van der Waals surface area contributed by atoms with Crippen molar-refractivity contribution in [1.29, 1.82) is 0 Å². The average molecular weight is 327 g/mol. The van der Waals surface area contributed by atoms with Gasteiger partial charge < -0.3 is 16.2 Å². The lowest BCUT2D eigenvalue weighted by Crippen LogP contribution is -2.39. The normalized spacial score (nSPS) is 20.0. The van der Waals surface area contributed by atoms with E-state index in [0.29, 0.717) is 13.0 Å². The number of aliphatic hydroxyl groups is 1. The second-order valence-corrected chi connectivity index (χ2v) is 7.43. The lowest BCUT2D eigenvalue weighted by atomic mass is 9.83. The first kappa shape index (κ1) is 20.4. The molecule has 0 bridgehead atoms. The highest BCUT2D eigenvalue weighted by Crippen LogP contribution is 2.29. The Morgan fingerprint density at radius 2 is 2.00 bits per heavy atom. The smallest absolute Gasteiger partial charge is 0.223 e. The minimum absolute atomic E-state index is 0.0631. The van der Waals surface area contributed by atoms with E-state index in [-0.39, 0.29) is 23.8 Å². The van der Waals surface area contributed by atoms with Gasteiger partial charge in [-0.15, -0.1) is 0 Å². The molecule has 4 nitrogen and oxygen atoms in total. The quantitative estimate of drug-likeness (QED) is 0.510. The minimum Gasteiger partial charge on any atom is -0.393 e. The van der Waals surface area contributed by atoms with Crippen LogP contribution in [0.3, 0.4) is 0 Å². The van der Waals surface area contributed by atoms with Crippen LogP contribution in [0.1, 0.15) is 78.1 Å². The fraction of sp³-hybridized carbons (Fsp3) is 0.947. The number of aliphatic hydroxyl groups excluding tert-OH is 1. The van der Waals surface area contributed by atoms with Gasteiger partial charge in [0, 0.05) is 12.5 Å². The molecule has 1 amide bonds. The lowest BCUT2D eigenvalue weighted by Gasteiger charge is -2.26. The van der Waals surface area contributed by atoms with E-state index in [1.165, 1.54) is 32.1 Å². The number of hydrogen-bond acceptors (Lipinski definition) is 3. The molecule has 4 N–H and O–H groups in total. The number of hydrogen-bond donors (Lipinski definition) is 3. The lowest BCUT2D eigenvalue weighted by molar-refractivity contribution is -0.127. The van der Waals surface area contributed by atoms with Crippen LogP contribution in [0.15, 0.2) is 0 Å². The minimum atomic E-state index is -0.382. The molecular formula is C19H38N2O2. The van der Waals surface area contributed by atoms with E-state index < -0.39 is 0 Å². The summed E-state index contributed by atoms with van der Waals surface area (Å²) in [4.78, 5) is 12.4. The molecule has 0 aromatic heterocycles. The molecule has 4 heteroatoms. The standard InChI is InChI=1S/C19H38N2O2/c1-3-4-12-21-19(23)18(15(2)14-20)13-17(22)11-10-16-8-6-5-7-9-16/h15-18,22H,3-14,20H2,1-2H3,(H,21,23)/t15?,17?,18-/m0/s1. The first-order chi connectivity index (χ1) is 11.1. The molecule has 23 heavy (non-hydrogen) atoms. The second kappa shape index (κ2) is 11.9. The molecule has 1 aliphatic rings. The summed E-state index contributed by atoms with van der Waals surface area (Å²) < 4.78 is 0. The number of rotatable bonds is 11. The van der Waals surface area contributed by atoms with Crippen LogP contribution < -0.4 is 11.1 Å². The second-order valence-electron chi connectivity index (χ2n) is 7.43. The summed E-state index contributed by atoms with van der Waals surface area (Å²) >= 11 is 0. The zero-order valence-electron chi connectivity index (χ0n) is 15.2. The number of carbonyl (C=O) groups is 1. The summed E-state index contributed by atoms with van der Waals surface area (Å²) in [5.74, 6) is 0.787. The topological polar surface area (TPSA) is 75.3 Å².